The predicted octanol–water partition coefficient (Wildman–Crippen LogP) is 1.18. The maximum absolute atomic E-state index is 11.4. The third-order valence-corrected chi connectivity index (χ3v) is 3.01. The fraction of sp³-hybridized carbons (Fsp3) is 0.467. The van der Waals surface area contributed by atoms with Crippen molar-refractivity contribution in [3.05, 3.63) is 29.8 Å². The summed E-state index contributed by atoms with van der Waals surface area (Å²) >= 11 is 0. The molecule has 0 bridgehead atoms. The number of aryl methyl sites for hydroxylation is 1. The minimum atomic E-state index is -1.04. The van der Waals surface area contributed by atoms with Gasteiger partial charge in [0.15, 0.2) is 0 Å². The number of likely N-dealkylation sites (N-methyl/N-ethyl adjacent to an activating group) is 1. The quantitative estimate of drug-likeness (QED) is 0.711. The van der Waals surface area contributed by atoms with Gasteiger partial charge in [0, 0.05) is 0 Å². The molecule has 0 saturated carbocycles. The summed E-state index contributed by atoms with van der Waals surface area (Å²) < 4.78 is 5.10. The average Bonchev–Trinajstić information content (AvgIpc) is 2.46. The van der Waals surface area contributed by atoms with E-state index in [0.29, 0.717) is 0 Å². The molecule has 22 heavy (non-hydrogen) atoms. The molecule has 0 atom stereocenters. The van der Waals surface area contributed by atoms with Crippen LogP contribution in [0.25, 0.3) is 0 Å². The second-order valence-electron chi connectivity index (χ2n) is 4.86. The van der Waals surface area contributed by atoms with Gasteiger partial charge in [-0.2, -0.15) is 0 Å². The Morgan fingerprint density at radius 1 is 1.27 bits per heavy atom. The van der Waals surface area contributed by atoms with E-state index in [9.17, 15) is 9.59 Å². The smallest absolute Gasteiger partial charge is 0.322 e. The van der Waals surface area contributed by atoms with Crippen LogP contribution in [0.5, 0.6) is 5.75 Å². The van der Waals surface area contributed by atoms with Crippen LogP contribution in [0.1, 0.15) is 12.0 Å². The van der Waals surface area contributed by atoms with Crippen molar-refractivity contribution >= 4 is 24.3 Å². The fourth-order valence-corrected chi connectivity index (χ4v) is 1.90. The first-order valence-electron chi connectivity index (χ1n) is 6.81. The predicted molar refractivity (Wildman–Crippen MR) is 86.7 cm³/mol. The van der Waals surface area contributed by atoms with Gasteiger partial charge in [-0.05, 0) is 44.1 Å². The molecule has 2 N–H and O–H groups in total. The van der Waals surface area contributed by atoms with Crippen molar-refractivity contribution in [1.82, 2.24) is 10.2 Å². The van der Waals surface area contributed by atoms with E-state index in [1.54, 1.807) is 7.11 Å². The lowest BCUT2D eigenvalue weighted by Gasteiger charge is -2.15. The lowest BCUT2D eigenvalue weighted by molar-refractivity contribution is -0.138. The molecule has 1 amide bonds. The highest BCUT2D eigenvalue weighted by Gasteiger charge is 2.07. The van der Waals surface area contributed by atoms with Gasteiger partial charge < -0.3 is 15.2 Å². The molecular formula is C15H23ClN2O4. The third kappa shape index (κ3) is 8.49. The highest BCUT2D eigenvalue weighted by atomic mass is 35.5. The number of carboxylic acid groups (broad SMARTS) is 1. The summed E-state index contributed by atoms with van der Waals surface area (Å²) in [6.07, 6.45) is 1.85. The number of carbonyl (C=O) groups is 2. The molecule has 1 aromatic carbocycles. The number of ether oxygens (including phenoxy) is 1. The van der Waals surface area contributed by atoms with E-state index in [2.05, 4.69) is 5.32 Å². The molecule has 0 fully saturated rings. The Balaban J connectivity index is 0.00000441. The lowest BCUT2D eigenvalue weighted by atomic mass is 10.1. The Morgan fingerprint density at radius 2 is 1.91 bits per heavy atom. The normalized spacial score (nSPS) is 9.95. The van der Waals surface area contributed by atoms with E-state index in [0.717, 1.165) is 25.1 Å². The molecule has 6 nitrogen and oxygen atoms in total. The summed E-state index contributed by atoms with van der Waals surface area (Å²) in [5, 5.41) is 10.8. The second-order valence-corrected chi connectivity index (χ2v) is 4.86. The van der Waals surface area contributed by atoms with Gasteiger partial charge in [-0.15, -0.1) is 12.4 Å². The van der Waals surface area contributed by atoms with Crippen LogP contribution in [-0.2, 0) is 16.0 Å². The summed E-state index contributed by atoms with van der Waals surface area (Å²) in [6.45, 7) is 0.640. The zero-order valence-electron chi connectivity index (χ0n) is 12.9. The van der Waals surface area contributed by atoms with Crippen molar-refractivity contribution in [3.63, 3.8) is 0 Å². The molecule has 0 aliphatic rings. The zero-order valence-corrected chi connectivity index (χ0v) is 13.7. The summed E-state index contributed by atoms with van der Waals surface area (Å²) in [7, 11) is 3.48. The second kappa shape index (κ2) is 10.9. The van der Waals surface area contributed by atoms with Crippen molar-refractivity contribution < 1.29 is 19.4 Å². The molecule has 0 spiro atoms. The van der Waals surface area contributed by atoms with Crippen molar-refractivity contribution in [2.24, 2.45) is 0 Å². The number of hydrogen-bond acceptors (Lipinski definition) is 4. The number of rotatable bonds is 9. The molecule has 0 radical (unpaired) electrons. The van der Waals surface area contributed by atoms with Gasteiger partial charge in [0.2, 0.25) is 5.91 Å². The minimum Gasteiger partial charge on any atom is -0.497 e. The maximum atomic E-state index is 11.4. The number of carboxylic acids is 1. The Hall–Kier alpha value is -1.79. The van der Waals surface area contributed by atoms with Gasteiger partial charge in [-0.25, -0.2) is 0 Å². The van der Waals surface area contributed by atoms with Crippen LogP contribution in [0.4, 0.5) is 0 Å². The molecule has 0 aliphatic carbocycles. The van der Waals surface area contributed by atoms with Crippen LogP contribution in [0, 0.1) is 0 Å². The Kier molecular flexibility index (Phi) is 9.98. The molecular weight excluding hydrogens is 308 g/mol. The van der Waals surface area contributed by atoms with Crippen LogP contribution >= 0.6 is 12.4 Å². The first-order chi connectivity index (χ1) is 10.0. The lowest BCUT2D eigenvalue weighted by Crippen LogP contribution is -2.38. The van der Waals surface area contributed by atoms with E-state index in [1.165, 1.54) is 5.56 Å². The van der Waals surface area contributed by atoms with E-state index >= 15 is 0 Å². The number of carbonyl (C=O) groups excluding carboxylic acids is 1. The average molecular weight is 331 g/mol. The Morgan fingerprint density at radius 3 is 2.45 bits per heavy atom. The Bertz CT molecular complexity index is 465. The number of methoxy groups -OCH3 is 1. The molecule has 124 valence electrons. The molecule has 7 heteroatoms. The van der Waals surface area contributed by atoms with Crippen molar-refractivity contribution in [2.75, 3.05) is 33.8 Å². The molecule has 0 saturated heterocycles. The number of nitrogens with zero attached hydrogens (tertiary/aromatic N) is 1. The van der Waals surface area contributed by atoms with E-state index in [4.69, 9.17) is 9.84 Å². The molecule has 1 rings (SSSR count). The van der Waals surface area contributed by atoms with Crippen molar-refractivity contribution in [3.8, 4) is 5.75 Å². The van der Waals surface area contributed by atoms with Crippen LogP contribution in [0.2, 0.25) is 0 Å². The molecule has 1 aromatic rings. The number of amides is 1. The van der Waals surface area contributed by atoms with Crippen LogP contribution < -0.4 is 10.1 Å². The standard InChI is InChI=1S/C15H22N2O4.ClH/c1-17(11-14(18)16-10-15(19)20)9-3-4-12-5-7-13(21-2)8-6-12;/h5-8H,3-4,9-11H2,1-2H3,(H,16,18)(H,19,20);1H. The van der Waals surface area contributed by atoms with Crippen LogP contribution in [-0.4, -0.2) is 55.7 Å². The summed E-state index contributed by atoms with van der Waals surface area (Å²) in [5.74, 6) is -0.471. The topological polar surface area (TPSA) is 78.9 Å². The highest BCUT2D eigenvalue weighted by Crippen LogP contribution is 2.12. The van der Waals surface area contributed by atoms with Gasteiger partial charge in [0.05, 0.1) is 13.7 Å². The third-order valence-electron chi connectivity index (χ3n) is 3.01. The van der Waals surface area contributed by atoms with Gasteiger partial charge in [0.1, 0.15) is 12.3 Å². The largest absolute Gasteiger partial charge is 0.497 e. The molecule has 0 aromatic heterocycles. The molecule has 0 aliphatic heterocycles. The van der Waals surface area contributed by atoms with E-state index in [-0.39, 0.29) is 31.4 Å². The highest BCUT2D eigenvalue weighted by molar-refractivity contribution is 5.85. The van der Waals surface area contributed by atoms with Crippen LogP contribution in [0.15, 0.2) is 24.3 Å². The minimum absolute atomic E-state index is 0. The monoisotopic (exact) mass is 330 g/mol. The van der Waals surface area contributed by atoms with Gasteiger partial charge in [-0.1, -0.05) is 12.1 Å². The molecule has 0 unspecified atom stereocenters. The summed E-state index contributed by atoms with van der Waals surface area (Å²) in [4.78, 5) is 23.6. The zero-order chi connectivity index (χ0) is 15.7. The van der Waals surface area contributed by atoms with E-state index in [1.807, 2.05) is 36.2 Å². The van der Waals surface area contributed by atoms with Gasteiger partial charge in [-0.3, -0.25) is 14.5 Å². The number of benzene rings is 1. The van der Waals surface area contributed by atoms with Gasteiger partial charge >= 0.3 is 5.97 Å². The number of aliphatic carboxylic acids is 1. The number of nitrogens with one attached hydrogen (secondary N) is 1. The number of hydrogen-bond donors (Lipinski definition) is 2. The van der Waals surface area contributed by atoms with Gasteiger partial charge in [0.25, 0.3) is 0 Å². The van der Waals surface area contributed by atoms with Crippen LogP contribution in [0.3, 0.4) is 0 Å². The van der Waals surface area contributed by atoms with Crippen molar-refractivity contribution in [1.29, 1.82) is 0 Å². The molecule has 0 heterocycles. The van der Waals surface area contributed by atoms with Crippen molar-refractivity contribution in [2.45, 2.75) is 12.8 Å². The fourth-order valence-electron chi connectivity index (χ4n) is 1.90. The summed E-state index contributed by atoms with van der Waals surface area (Å²) in [6, 6.07) is 7.91. The first-order valence-corrected chi connectivity index (χ1v) is 6.81. The Labute approximate surface area is 136 Å². The number of halogens is 1. The summed E-state index contributed by atoms with van der Waals surface area (Å²) in [5.41, 5.74) is 1.22. The SMILES string of the molecule is COc1ccc(CCCN(C)CC(=O)NCC(=O)O)cc1.Cl. The van der Waals surface area contributed by atoms with E-state index < -0.39 is 5.97 Å². The first kappa shape index (κ1) is 20.2. The maximum Gasteiger partial charge on any atom is 0.322 e.